The SMILES string of the molecule is CN(C(=O)Cn1cnc2c(oc3ccccc32)c1=O)C(c1ccccc1)c1ccccc1. The number of rotatable bonds is 5. The number of carbonyl (C=O) groups is 1. The maximum atomic E-state index is 13.3. The number of amides is 1. The monoisotopic (exact) mass is 423 g/mol. The molecule has 0 atom stereocenters. The fraction of sp³-hybridized carbons (Fsp3) is 0.115. The summed E-state index contributed by atoms with van der Waals surface area (Å²) in [6.45, 7) is -0.133. The molecule has 0 fully saturated rings. The van der Waals surface area contributed by atoms with Gasteiger partial charge in [-0.2, -0.15) is 0 Å². The Balaban J connectivity index is 1.49. The second-order valence-electron chi connectivity index (χ2n) is 7.68. The molecule has 0 saturated carbocycles. The molecule has 0 saturated heterocycles. The zero-order chi connectivity index (χ0) is 22.1. The van der Waals surface area contributed by atoms with Crippen LogP contribution in [0.25, 0.3) is 22.1 Å². The van der Waals surface area contributed by atoms with Crippen molar-refractivity contribution in [1.29, 1.82) is 0 Å². The summed E-state index contributed by atoms with van der Waals surface area (Å²) in [5.74, 6) is -0.206. The van der Waals surface area contributed by atoms with Crippen molar-refractivity contribution < 1.29 is 9.21 Å². The molecule has 32 heavy (non-hydrogen) atoms. The number of hydrogen-bond donors (Lipinski definition) is 0. The molecule has 3 aromatic carbocycles. The van der Waals surface area contributed by atoms with Crippen molar-refractivity contribution in [3.8, 4) is 0 Å². The molecule has 6 nitrogen and oxygen atoms in total. The predicted octanol–water partition coefficient (Wildman–Crippen LogP) is 4.39. The van der Waals surface area contributed by atoms with E-state index in [1.54, 1.807) is 18.0 Å². The summed E-state index contributed by atoms with van der Waals surface area (Å²) in [6.07, 6.45) is 1.42. The van der Waals surface area contributed by atoms with Gasteiger partial charge in [-0.3, -0.25) is 14.2 Å². The average molecular weight is 423 g/mol. The highest BCUT2D eigenvalue weighted by Crippen LogP contribution is 2.28. The van der Waals surface area contributed by atoms with Gasteiger partial charge in [0.05, 0.1) is 12.4 Å². The molecule has 0 unspecified atom stereocenters. The van der Waals surface area contributed by atoms with Crippen molar-refractivity contribution >= 4 is 28.0 Å². The summed E-state index contributed by atoms with van der Waals surface area (Å²) in [6, 6.07) is 26.8. The first-order valence-corrected chi connectivity index (χ1v) is 10.4. The number of benzene rings is 3. The molecule has 6 heteroatoms. The molecule has 5 rings (SSSR count). The molecule has 0 aliphatic carbocycles. The van der Waals surface area contributed by atoms with Gasteiger partial charge in [-0.05, 0) is 23.3 Å². The summed E-state index contributed by atoms with van der Waals surface area (Å²) in [5.41, 5.74) is 2.88. The number of furan rings is 1. The van der Waals surface area contributed by atoms with E-state index < -0.39 is 0 Å². The van der Waals surface area contributed by atoms with E-state index in [0.29, 0.717) is 11.1 Å². The predicted molar refractivity (Wildman–Crippen MR) is 123 cm³/mol. The molecule has 158 valence electrons. The van der Waals surface area contributed by atoms with E-state index in [0.717, 1.165) is 16.5 Å². The van der Waals surface area contributed by atoms with Crippen molar-refractivity contribution in [3.05, 3.63) is 113 Å². The Morgan fingerprint density at radius 2 is 1.53 bits per heavy atom. The number of aromatic nitrogens is 2. The maximum Gasteiger partial charge on any atom is 0.297 e. The van der Waals surface area contributed by atoms with Crippen LogP contribution in [-0.4, -0.2) is 27.4 Å². The number of likely N-dealkylation sites (N-methyl/N-ethyl adjacent to an activating group) is 1. The number of carbonyl (C=O) groups excluding carboxylic acids is 1. The van der Waals surface area contributed by atoms with Crippen molar-refractivity contribution in [1.82, 2.24) is 14.5 Å². The standard InChI is InChI=1S/C26H21N3O3/c1-28(24(18-10-4-2-5-11-18)19-12-6-3-7-13-19)22(30)16-29-17-27-23-20-14-8-9-15-21(20)32-25(23)26(29)31/h2-15,17,24H,16H2,1H3. The van der Waals surface area contributed by atoms with Crippen molar-refractivity contribution in [3.63, 3.8) is 0 Å². The van der Waals surface area contributed by atoms with E-state index in [2.05, 4.69) is 4.98 Å². The van der Waals surface area contributed by atoms with E-state index in [4.69, 9.17) is 4.42 Å². The minimum absolute atomic E-state index is 0.133. The number of fused-ring (bicyclic) bond motifs is 3. The van der Waals surface area contributed by atoms with E-state index in [-0.39, 0.29) is 29.6 Å². The van der Waals surface area contributed by atoms with Crippen LogP contribution < -0.4 is 5.56 Å². The van der Waals surface area contributed by atoms with Gasteiger partial charge in [0.15, 0.2) is 0 Å². The van der Waals surface area contributed by atoms with Crippen molar-refractivity contribution in [2.75, 3.05) is 7.05 Å². The summed E-state index contributed by atoms with van der Waals surface area (Å²) in [5, 5.41) is 0.781. The van der Waals surface area contributed by atoms with Crippen LogP contribution in [0.2, 0.25) is 0 Å². The Kier molecular flexibility index (Phi) is 5.03. The molecule has 0 aliphatic rings. The summed E-state index contributed by atoms with van der Waals surface area (Å²) in [7, 11) is 1.76. The first-order chi connectivity index (χ1) is 15.6. The van der Waals surface area contributed by atoms with E-state index in [9.17, 15) is 9.59 Å². The molecule has 2 aromatic heterocycles. The third-order valence-corrected chi connectivity index (χ3v) is 5.67. The average Bonchev–Trinajstić information content (AvgIpc) is 3.22. The van der Waals surface area contributed by atoms with Crippen LogP contribution in [0.15, 0.2) is 100 Å². The zero-order valence-corrected chi connectivity index (χ0v) is 17.5. The van der Waals surface area contributed by atoms with Crippen molar-refractivity contribution in [2.24, 2.45) is 0 Å². The molecule has 1 amide bonds. The topological polar surface area (TPSA) is 68.3 Å². The molecule has 5 aromatic rings. The lowest BCUT2D eigenvalue weighted by Crippen LogP contribution is -2.37. The molecular weight excluding hydrogens is 402 g/mol. The van der Waals surface area contributed by atoms with Gasteiger partial charge < -0.3 is 9.32 Å². The Labute approximate surface area is 184 Å². The van der Waals surface area contributed by atoms with Crippen LogP contribution in [0.5, 0.6) is 0 Å². The van der Waals surface area contributed by atoms with Crippen LogP contribution in [0, 0.1) is 0 Å². The lowest BCUT2D eigenvalue weighted by molar-refractivity contribution is -0.132. The minimum Gasteiger partial charge on any atom is -0.448 e. The molecule has 0 aliphatic heterocycles. The largest absolute Gasteiger partial charge is 0.448 e. The summed E-state index contributed by atoms with van der Waals surface area (Å²) in [4.78, 5) is 32.4. The van der Waals surface area contributed by atoms with Gasteiger partial charge in [-0.1, -0.05) is 72.8 Å². The third kappa shape index (κ3) is 3.46. The van der Waals surface area contributed by atoms with Gasteiger partial charge in [0, 0.05) is 12.4 Å². The zero-order valence-electron chi connectivity index (χ0n) is 17.5. The number of nitrogens with zero attached hydrogens (tertiary/aromatic N) is 3. The highest BCUT2D eigenvalue weighted by Gasteiger charge is 2.24. The highest BCUT2D eigenvalue weighted by molar-refractivity contribution is 6.01. The second-order valence-corrected chi connectivity index (χ2v) is 7.68. The first-order valence-electron chi connectivity index (χ1n) is 10.4. The van der Waals surface area contributed by atoms with Gasteiger partial charge in [-0.15, -0.1) is 0 Å². The third-order valence-electron chi connectivity index (χ3n) is 5.67. The molecule has 0 radical (unpaired) electrons. The van der Waals surface area contributed by atoms with Crippen LogP contribution in [0.4, 0.5) is 0 Å². The summed E-state index contributed by atoms with van der Waals surface area (Å²) < 4.78 is 7.03. The smallest absolute Gasteiger partial charge is 0.297 e. The summed E-state index contributed by atoms with van der Waals surface area (Å²) >= 11 is 0. The van der Waals surface area contributed by atoms with Gasteiger partial charge >= 0.3 is 0 Å². The number of hydrogen-bond acceptors (Lipinski definition) is 4. The van der Waals surface area contributed by atoms with E-state index >= 15 is 0 Å². The van der Waals surface area contributed by atoms with Gasteiger partial charge in [0.25, 0.3) is 5.56 Å². The lowest BCUT2D eigenvalue weighted by atomic mass is 9.97. The maximum absolute atomic E-state index is 13.3. The fourth-order valence-electron chi connectivity index (χ4n) is 4.04. The van der Waals surface area contributed by atoms with Crippen molar-refractivity contribution in [2.45, 2.75) is 12.6 Å². The normalized spacial score (nSPS) is 11.3. The highest BCUT2D eigenvalue weighted by atomic mass is 16.3. The van der Waals surface area contributed by atoms with E-state index in [1.807, 2.05) is 78.9 Å². The molecular formula is C26H21N3O3. The fourth-order valence-corrected chi connectivity index (χ4v) is 4.04. The van der Waals surface area contributed by atoms with Crippen LogP contribution in [0.1, 0.15) is 17.2 Å². The quantitative estimate of drug-likeness (QED) is 0.420. The first kappa shape index (κ1) is 19.8. The van der Waals surface area contributed by atoms with E-state index in [1.165, 1.54) is 10.9 Å². The van der Waals surface area contributed by atoms with Gasteiger partial charge in [-0.25, -0.2) is 4.98 Å². The molecule has 0 spiro atoms. The molecule has 0 bridgehead atoms. The van der Waals surface area contributed by atoms with Crippen LogP contribution in [0.3, 0.4) is 0 Å². The lowest BCUT2D eigenvalue weighted by Gasteiger charge is -2.29. The van der Waals surface area contributed by atoms with Crippen LogP contribution in [-0.2, 0) is 11.3 Å². The Hall–Kier alpha value is -4.19. The van der Waals surface area contributed by atoms with Gasteiger partial charge in [0.1, 0.15) is 17.6 Å². The molecule has 2 heterocycles. The Morgan fingerprint density at radius 3 is 2.19 bits per heavy atom. The Morgan fingerprint density at radius 1 is 0.938 bits per heavy atom. The molecule has 0 N–H and O–H groups in total. The minimum atomic E-state index is -0.371. The van der Waals surface area contributed by atoms with Crippen LogP contribution >= 0.6 is 0 Å². The second kappa shape index (κ2) is 8.15. The Bertz CT molecular complexity index is 1420. The number of para-hydroxylation sites is 1. The van der Waals surface area contributed by atoms with Gasteiger partial charge in [0.2, 0.25) is 11.5 Å².